The van der Waals surface area contributed by atoms with Gasteiger partial charge in [0.25, 0.3) is 0 Å². The summed E-state index contributed by atoms with van der Waals surface area (Å²) in [7, 11) is 0.424. The first kappa shape index (κ1) is 30.3. The standard InChI is InChI=1S/C30H40ClN7O3S/c1-21(2)42(39,40)28-8-6-5-7-26(28)33-29-24(31)20-32-30(35-29)34-25-10-9-23(19-27(25)41-4)37-13-11-22(12-14-37)38-17-15-36(3)16-18-38/h5-10,19-22H,11-18H2,1-4H3,(H2,32,33,34,35)/p+2. The first-order valence-corrected chi connectivity index (χ1v) is 16.6. The first-order chi connectivity index (χ1) is 20.2. The second-order valence-corrected chi connectivity index (χ2v) is 14.4. The van der Waals surface area contributed by atoms with E-state index in [1.54, 1.807) is 55.0 Å². The normalized spacial score (nSPS) is 20.0. The summed E-state index contributed by atoms with van der Waals surface area (Å²) in [4.78, 5) is 14.9. The monoisotopic (exact) mass is 615 g/mol. The van der Waals surface area contributed by atoms with Crippen LogP contribution in [0.2, 0.25) is 5.02 Å². The van der Waals surface area contributed by atoms with E-state index in [1.165, 1.54) is 45.2 Å². The molecular formula is C30H42ClN7O3S+2. The third-order valence-corrected chi connectivity index (χ3v) is 10.9. The summed E-state index contributed by atoms with van der Waals surface area (Å²) in [5.74, 6) is 1.28. The fourth-order valence-corrected chi connectivity index (χ4v) is 7.11. The van der Waals surface area contributed by atoms with Gasteiger partial charge in [-0.2, -0.15) is 4.98 Å². The van der Waals surface area contributed by atoms with Gasteiger partial charge in [0.2, 0.25) is 5.95 Å². The average molecular weight is 616 g/mol. The zero-order valence-electron chi connectivity index (χ0n) is 24.8. The lowest BCUT2D eigenvalue weighted by molar-refractivity contribution is -1.02. The van der Waals surface area contributed by atoms with Crippen LogP contribution in [0, 0.1) is 0 Å². The molecule has 0 saturated carbocycles. The molecule has 2 saturated heterocycles. The maximum atomic E-state index is 12.9. The van der Waals surface area contributed by atoms with E-state index >= 15 is 0 Å². The lowest BCUT2D eigenvalue weighted by atomic mass is 10.0. The predicted octanol–water partition coefficient (Wildman–Crippen LogP) is 2.19. The van der Waals surface area contributed by atoms with Crippen LogP contribution in [0.4, 0.5) is 28.8 Å². The molecule has 2 aromatic carbocycles. The number of aromatic nitrogens is 2. The highest BCUT2D eigenvalue weighted by atomic mass is 35.5. The van der Waals surface area contributed by atoms with Gasteiger partial charge < -0.3 is 30.1 Å². The molecule has 0 unspecified atom stereocenters. The number of rotatable bonds is 9. The molecule has 12 heteroatoms. The molecule has 3 heterocycles. The zero-order chi connectivity index (χ0) is 29.9. The molecule has 1 aromatic heterocycles. The first-order valence-electron chi connectivity index (χ1n) is 14.6. The number of benzene rings is 2. The van der Waals surface area contributed by atoms with Crippen LogP contribution in [0.15, 0.2) is 53.6 Å². The summed E-state index contributed by atoms with van der Waals surface area (Å²) < 4.78 is 31.6. The van der Waals surface area contributed by atoms with Crippen molar-refractivity contribution in [2.24, 2.45) is 0 Å². The summed E-state index contributed by atoms with van der Waals surface area (Å²) in [6.07, 6.45) is 3.88. The number of methoxy groups -OCH3 is 1. The third kappa shape index (κ3) is 6.75. The molecule has 0 bridgehead atoms. The Morgan fingerprint density at radius 3 is 2.43 bits per heavy atom. The van der Waals surface area contributed by atoms with E-state index in [0.29, 0.717) is 23.2 Å². The van der Waals surface area contributed by atoms with E-state index in [2.05, 4.69) is 44.7 Å². The maximum Gasteiger partial charge on any atom is 0.229 e. The van der Waals surface area contributed by atoms with Crippen LogP contribution in [-0.2, 0) is 9.84 Å². The van der Waals surface area contributed by atoms with Crippen molar-refractivity contribution in [3.05, 3.63) is 53.7 Å². The van der Waals surface area contributed by atoms with Crippen molar-refractivity contribution in [1.29, 1.82) is 0 Å². The van der Waals surface area contributed by atoms with E-state index in [0.717, 1.165) is 30.5 Å². The van der Waals surface area contributed by atoms with Gasteiger partial charge in [-0.3, -0.25) is 0 Å². The lowest BCUT2D eigenvalue weighted by Gasteiger charge is -2.39. The second kappa shape index (κ2) is 13.0. The molecule has 0 radical (unpaired) electrons. The molecule has 2 aliphatic heterocycles. The fourth-order valence-electron chi connectivity index (χ4n) is 5.77. The molecule has 0 spiro atoms. The molecule has 2 fully saturated rings. The quantitative estimate of drug-likeness (QED) is 0.290. The molecule has 226 valence electrons. The molecule has 10 nitrogen and oxygen atoms in total. The van der Waals surface area contributed by atoms with Crippen molar-refractivity contribution in [2.75, 3.05) is 69.0 Å². The van der Waals surface area contributed by atoms with Crippen LogP contribution in [0.5, 0.6) is 5.75 Å². The number of halogens is 1. The van der Waals surface area contributed by atoms with Crippen LogP contribution < -0.4 is 30.1 Å². The molecule has 0 amide bonds. The summed E-state index contributed by atoms with van der Waals surface area (Å²) in [5.41, 5.74) is 2.26. The number of piperazine rings is 1. The van der Waals surface area contributed by atoms with E-state index in [1.807, 2.05) is 6.07 Å². The molecule has 42 heavy (non-hydrogen) atoms. The smallest absolute Gasteiger partial charge is 0.229 e. The van der Waals surface area contributed by atoms with Gasteiger partial charge in [0, 0.05) is 37.7 Å². The Morgan fingerprint density at radius 2 is 1.74 bits per heavy atom. The van der Waals surface area contributed by atoms with E-state index in [4.69, 9.17) is 16.3 Å². The fraction of sp³-hybridized carbons (Fsp3) is 0.467. The summed E-state index contributed by atoms with van der Waals surface area (Å²) in [6, 6.07) is 13.6. The van der Waals surface area contributed by atoms with Crippen molar-refractivity contribution in [3.63, 3.8) is 0 Å². The Morgan fingerprint density at radius 1 is 1.02 bits per heavy atom. The Hall–Kier alpha value is -3.12. The van der Waals surface area contributed by atoms with Gasteiger partial charge in [0.05, 0.1) is 47.9 Å². The second-order valence-electron chi connectivity index (χ2n) is 11.5. The van der Waals surface area contributed by atoms with Gasteiger partial charge >= 0.3 is 0 Å². The Labute approximate surface area is 254 Å². The van der Waals surface area contributed by atoms with Crippen molar-refractivity contribution in [1.82, 2.24) is 9.97 Å². The van der Waals surface area contributed by atoms with Gasteiger partial charge in [-0.15, -0.1) is 0 Å². The Balaban J connectivity index is 1.28. The Kier molecular flexibility index (Phi) is 9.41. The number of nitrogens with one attached hydrogen (secondary N) is 4. The zero-order valence-corrected chi connectivity index (χ0v) is 26.4. The predicted molar refractivity (Wildman–Crippen MR) is 168 cm³/mol. The molecule has 0 aliphatic carbocycles. The average Bonchev–Trinajstić information content (AvgIpc) is 2.99. The summed E-state index contributed by atoms with van der Waals surface area (Å²) in [5, 5.41) is 6.03. The molecule has 2 aliphatic rings. The highest BCUT2D eigenvalue weighted by Crippen LogP contribution is 2.34. The minimum Gasteiger partial charge on any atom is -0.494 e. The minimum absolute atomic E-state index is 0.191. The number of anilines is 5. The highest BCUT2D eigenvalue weighted by molar-refractivity contribution is 7.92. The minimum atomic E-state index is -3.52. The molecule has 3 aromatic rings. The van der Waals surface area contributed by atoms with Crippen LogP contribution in [0.25, 0.3) is 0 Å². The van der Waals surface area contributed by atoms with E-state index in [9.17, 15) is 8.42 Å². The number of ether oxygens (including phenoxy) is 1. The molecular weight excluding hydrogens is 574 g/mol. The number of hydrogen-bond acceptors (Lipinski definition) is 8. The van der Waals surface area contributed by atoms with Crippen LogP contribution >= 0.6 is 11.6 Å². The van der Waals surface area contributed by atoms with Crippen molar-refractivity contribution in [3.8, 4) is 5.75 Å². The van der Waals surface area contributed by atoms with Crippen molar-refractivity contribution >= 4 is 50.3 Å². The van der Waals surface area contributed by atoms with Crippen LogP contribution in [0.3, 0.4) is 0 Å². The molecule has 5 rings (SSSR count). The topological polar surface area (TPSA) is 105 Å². The number of para-hydroxylation sites is 1. The van der Waals surface area contributed by atoms with Gasteiger partial charge in [0.15, 0.2) is 15.7 Å². The summed E-state index contributed by atoms with van der Waals surface area (Å²) in [6.45, 7) is 10.5. The van der Waals surface area contributed by atoms with Crippen LogP contribution in [0.1, 0.15) is 26.7 Å². The lowest BCUT2D eigenvalue weighted by Crippen LogP contribution is -3.28. The maximum absolute atomic E-state index is 12.9. The highest BCUT2D eigenvalue weighted by Gasteiger charge is 2.31. The molecule has 4 N–H and O–H groups in total. The van der Waals surface area contributed by atoms with E-state index in [-0.39, 0.29) is 9.92 Å². The van der Waals surface area contributed by atoms with E-state index < -0.39 is 15.1 Å². The number of likely N-dealkylation sites (N-methyl/N-ethyl adjacent to an activating group) is 1. The Bertz CT molecular complexity index is 1490. The van der Waals surface area contributed by atoms with Crippen molar-refractivity contribution in [2.45, 2.75) is 42.9 Å². The van der Waals surface area contributed by atoms with Gasteiger partial charge in [-0.05, 0) is 38.1 Å². The number of quaternary nitrogens is 2. The third-order valence-electron chi connectivity index (χ3n) is 8.43. The number of piperidine rings is 1. The summed E-state index contributed by atoms with van der Waals surface area (Å²) >= 11 is 6.41. The number of nitrogens with zero attached hydrogens (tertiary/aromatic N) is 3. The number of sulfone groups is 1. The SMILES string of the molecule is COc1cc(N2CCC([NH+]3CC[NH+](C)CC3)CC2)ccc1Nc1ncc(Cl)c(Nc2ccccc2S(=O)(=O)C(C)C)n1. The number of hydrogen-bond donors (Lipinski definition) is 4. The van der Waals surface area contributed by atoms with Gasteiger partial charge in [-0.25, -0.2) is 13.4 Å². The largest absolute Gasteiger partial charge is 0.494 e. The van der Waals surface area contributed by atoms with Crippen LogP contribution in [-0.4, -0.2) is 83.1 Å². The van der Waals surface area contributed by atoms with Crippen molar-refractivity contribution < 1.29 is 23.0 Å². The van der Waals surface area contributed by atoms with Gasteiger partial charge in [0.1, 0.15) is 37.0 Å². The molecule has 0 atom stereocenters. The van der Waals surface area contributed by atoms with Gasteiger partial charge in [-0.1, -0.05) is 23.7 Å².